The molecule has 1 amide bonds. The summed E-state index contributed by atoms with van der Waals surface area (Å²) in [6.45, 7) is 0.736. The zero-order chi connectivity index (χ0) is 12.3. The number of hydrogen-bond donors (Lipinski definition) is 2. The molecule has 0 spiro atoms. The van der Waals surface area contributed by atoms with Crippen molar-refractivity contribution in [2.75, 3.05) is 18.1 Å². The molecular formula is C11H20N2O3S. The van der Waals surface area contributed by atoms with Gasteiger partial charge >= 0.3 is 0 Å². The monoisotopic (exact) mass is 260 g/mol. The van der Waals surface area contributed by atoms with Crippen LogP contribution in [-0.2, 0) is 14.6 Å². The minimum Gasteiger partial charge on any atom is -0.355 e. The quantitative estimate of drug-likeness (QED) is 0.722. The molecule has 0 radical (unpaired) electrons. The molecule has 0 aromatic carbocycles. The van der Waals surface area contributed by atoms with Gasteiger partial charge < -0.3 is 10.6 Å². The molecule has 2 aliphatic heterocycles. The van der Waals surface area contributed by atoms with Crippen molar-refractivity contribution in [2.45, 2.75) is 44.2 Å². The maximum absolute atomic E-state index is 11.7. The molecule has 0 bridgehead atoms. The molecule has 2 heterocycles. The van der Waals surface area contributed by atoms with Gasteiger partial charge in [-0.25, -0.2) is 8.42 Å². The molecule has 2 unspecified atom stereocenters. The standard InChI is InChI=1S/C11H20N2O3S/c14-11-10(5-1-2-6-12-11)13-9-4-3-7-17(15,16)8-9/h9-10,13H,1-8H2,(H,12,14). The first-order valence-corrected chi connectivity index (χ1v) is 8.13. The molecule has 6 heteroatoms. The van der Waals surface area contributed by atoms with E-state index in [0.717, 1.165) is 32.2 Å². The molecule has 98 valence electrons. The van der Waals surface area contributed by atoms with Gasteiger partial charge in [-0.2, -0.15) is 0 Å². The molecule has 2 rings (SSSR count). The van der Waals surface area contributed by atoms with Crippen molar-refractivity contribution in [3.63, 3.8) is 0 Å². The molecule has 0 saturated carbocycles. The number of carbonyl (C=O) groups is 1. The number of amides is 1. The minimum atomic E-state index is -2.90. The van der Waals surface area contributed by atoms with Crippen molar-refractivity contribution >= 4 is 15.7 Å². The second-order valence-corrected chi connectivity index (χ2v) is 7.19. The van der Waals surface area contributed by atoms with Crippen LogP contribution in [0.4, 0.5) is 0 Å². The first kappa shape index (κ1) is 12.8. The number of carbonyl (C=O) groups excluding carboxylic acids is 1. The van der Waals surface area contributed by atoms with Gasteiger partial charge in [-0.1, -0.05) is 0 Å². The third kappa shape index (κ3) is 3.67. The fourth-order valence-corrected chi connectivity index (χ4v) is 4.19. The Balaban J connectivity index is 1.93. The molecule has 17 heavy (non-hydrogen) atoms. The van der Waals surface area contributed by atoms with Crippen molar-refractivity contribution in [3.8, 4) is 0 Å². The molecule has 2 atom stereocenters. The summed E-state index contributed by atoms with van der Waals surface area (Å²) in [5, 5.41) is 6.07. The Hall–Kier alpha value is -0.620. The molecule has 2 aliphatic rings. The second-order valence-electron chi connectivity index (χ2n) is 4.96. The molecule has 0 aromatic heterocycles. The Labute approximate surface area is 102 Å². The average Bonchev–Trinajstić information content (AvgIpc) is 2.43. The Morgan fingerprint density at radius 2 is 2.00 bits per heavy atom. The average molecular weight is 260 g/mol. The fourth-order valence-electron chi connectivity index (χ4n) is 2.54. The van der Waals surface area contributed by atoms with E-state index in [9.17, 15) is 13.2 Å². The second kappa shape index (κ2) is 5.35. The van der Waals surface area contributed by atoms with Gasteiger partial charge in [-0.05, 0) is 32.1 Å². The molecule has 0 aromatic rings. The summed E-state index contributed by atoms with van der Waals surface area (Å²) in [6, 6.07) is -0.265. The van der Waals surface area contributed by atoms with Crippen LogP contribution in [0.15, 0.2) is 0 Å². The Bertz CT molecular complexity index is 380. The third-order valence-corrected chi connectivity index (χ3v) is 5.26. The van der Waals surface area contributed by atoms with Crippen molar-refractivity contribution in [2.24, 2.45) is 0 Å². The number of rotatable bonds is 2. The summed E-state index contributed by atoms with van der Waals surface area (Å²) in [4.78, 5) is 11.7. The van der Waals surface area contributed by atoms with Crippen LogP contribution in [0.2, 0.25) is 0 Å². The molecule has 2 N–H and O–H groups in total. The van der Waals surface area contributed by atoms with E-state index in [1.165, 1.54) is 0 Å². The number of nitrogens with one attached hydrogen (secondary N) is 2. The summed E-state index contributed by atoms with van der Waals surface area (Å²) < 4.78 is 23.0. The Morgan fingerprint density at radius 1 is 1.18 bits per heavy atom. The van der Waals surface area contributed by atoms with Gasteiger partial charge in [0.1, 0.15) is 0 Å². The largest absolute Gasteiger partial charge is 0.355 e. The predicted molar refractivity (Wildman–Crippen MR) is 65.5 cm³/mol. The smallest absolute Gasteiger partial charge is 0.237 e. The van der Waals surface area contributed by atoms with Crippen LogP contribution in [-0.4, -0.2) is 44.5 Å². The topological polar surface area (TPSA) is 75.3 Å². The van der Waals surface area contributed by atoms with E-state index >= 15 is 0 Å². The lowest BCUT2D eigenvalue weighted by Gasteiger charge is -2.27. The molecule has 2 fully saturated rings. The highest BCUT2D eigenvalue weighted by atomic mass is 32.2. The lowest BCUT2D eigenvalue weighted by Crippen LogP contribution is -2.50. The van der Waals surface area contributed by atoms with Crippen LogP contribution < -0.4 is 10.6 Å². The SMILES string of the molecule is O=C1NCCCCC1NC1CCCS(=O)(=O)C1. The predicted octanol–water partition coefficient (Wildman–Crippen LogP) is -0.178. The highest BCUT2D eigenvalue weighted by Crippen LogP contribution is 2.14. The van der Waals surface area contributed by atoms with Crippen molar-refractivity contribution < 1.29 is 13.2 Å². The van der Waals surface area contributed by atoms with E-state index in [0.29, 0.717) is 12.2 Å². The Kier molecular flexibility index (Phi) is 4.04. The fraction of sp³-hybridized carbons (Fsp3) is 0.909. The van der Waals surface area contributed by atoms with Gasteiger partial charge in [0, 0.05) is 12.6 Å². The number of sulfone groups is 1. The third-order valence-electron chi connectivity index (χ3n) is 3.44. The number of hydrogen-bond acceptors (Lipinski definition) is 4. The van der Waals surface area contributed by atoms with Crippen LogP contribution in [0.1, 0.15) is 32.1 Å². The first-order chi connectivity index (χ1) is 8.07. The highest BCUT2D eigenvalue weighted by molar-refractivity contribution is 7.91. The summed E-state index contributed by atoms with van der Waals surface area (Å²) in [5.74, 6) is 0.490. The van der Waals surface area contributed by atoms with Gasteiger partial charge in [0.05, 0.1) is 17.5 Å². The maximum atomic E-state index is 11.7. The summed E-state index contributed by atoms with van der Waals surface area (Å²) in [6.07, 6.45) is 4.38. The van der Waals surface area contributed by atoms with Crippen LogP contribution in [0.3, 0.4) is 0 Å². The van der Waals surface area contributed by atoms with Gasteiger partial charge in [0.25, 0.3) is 0 Å². The summed E-state index contributed by atoms with van der Waals surface area (Å²) in [7, 11) is -2.90. The first-order valence-electron chi connectivity index (χ1n) is 6.31. The Morgan fingerprint density at radius 3 is 2.76 bits per heavy atom. The van der Waals surface area contributed by atoms with Gasteiger partial charge in [0.15, 0.2) is 9.84 Å². The zero-order valence-corrected chi connectivity index (χ0v) is 10.8. The van der Waals surface area contributed by atoms with E-state index in [2.05, 4.69) is 10.6 Å². The van der Waals surface area contributed by atoms with E-state index in [1.54, 1.807) is 0 Å². The van der Waals surface area contributed by atoms with E-state index in [4.69, 9.17) is 0 Å². The molecule has 0 aliphatic carbocycles. The zero-order valence-electron chi connectivity index (χ0n) is 9.94. The molecular weight excluding hydrogens is 240 g/mol. The van der Waals surface area contributed by atoms with E-state index in [-0.39, 0.29) is 23.7 Å². The van der Waals surface area contributed by atoms with Crippen molar-refractivity contribution in [1.29, 1.82) is 0 Å². The normalized spacial score (nSPS) is 33.8. The molecule has 5 nitrogen and oxygen atoms in total. The lowest BCUT2D eigenvalue weighted by atomic mass is 10.1. The summed E-state index contributed by atoms with van der Waals surface area (Å²) in [5.41, 5.74) is 0. The summed E-state index contributed by atoms with van der Waals surface area (Å²) >= 11 is 0. The van der Waals surface area contributed by atoms with Gasteiger partial charge in [-0.3, -0.25) is 4.79 Å². The van der Waals surface area contributed by atoms with Crippen LogP contribution >= 0.6 is 0 Å². The lowest BCUT2D eigenvalue weighted by molar-refractivity contribution is -0.123. The van der Waals surface area contributed by atoms with Crippen LogP contribution in [0.5, 0.6) is 0 Å². The van der Waals surface area contributed by atoms with E-state index in [1.807, 2.05) is 0 Å². The maximum Gasteiger partial charge on any atom is 0.237 e. The van der Waals surface area contributed by atoms with Crippen molar-refractivity contribution in [3.05, 3.63) is 0 Å². The van der Waals surface area contributed by atoms with Crippen LogP contribution in [0, 0.1) is 0 Å². The van der Waals surface area contributed by atoms with Crippen molar-refractivity contribution in [1.82, 2.24) is 10.6 Å². The molecule has 2 saturated heterocycles. The highest BCUT2D eigenvalue weighted by Gasteiger charge is 2.29. The minimum absolute atomic E-state index is 0.0190. The van der Waals surface area contributed by atoms with Gasteiger partial charge in [0.2, 0.25) is 5.91 Å². The van der Waals surface area contributed by atoms with Crippen LogP contribution in [0.25, 0.3) is 0 Å². The van der Waals surface area contributed by atoms with E-state index < -0.39 is 9.84 Å². The van der Waals surface area contributed by atoms with Gasteiger partial charge in [-0.15, -0.1) is 0 Å².